The first kappa shape index (κ1) is 17.0. The van der Waals surface area contributed by atoms with E-state index >= 15 is 0 Å². The van der Waals surface area contributed by atoms with E-state index < -0.39 is 5.92 Å². The highest BCUT2D eigenvalue weighted by Crippen LogP contribution is 2.37. The van der Waals surface area contributed by atoms with Crippen LogP contribution in [0.25, 0.3) is 0 Å². The van der Waals surface area contributed by atoms with Crippen molar-refractivity contribution in [3.8, 4) is 11.5 Å². The largest absolute Gasteiger partial charge is 0.493 e. The highest BCUT2D eigenvalue weighted by atomic mass is 35.5. The number of aromatic nitrogens is 1. The molecule has 0 saturated carbocycles. The van der Waals surface area contributed by atoms with Crippen LogP contribution in [0, 0.1) is 5.92 Å². The number of rotatable bonds is 4. The lowest BCUT2D eigenvalue weighted by Crippen LogP contribution is -2.20. The summed E-state index contributed by atoms with van der Waals surface area (Å²) in [6, 6.07) is 6.67. The lowest BCUT2D eigenvalue weighted by molar-refractivity contribution is 0.0822. The molecule has 1 aliphatic carbocycles. The van der Waals surface area contributed by atoms with Gasteiger partial charge in [0.2, 0.25) is 0 Å². The van der Waals surface area contributed by atoms with Gasteiger partial charge in [0.05, 0.1) is 20.1 Å². The van der Waals surface area contributed by atoms with Crippen LogP contribution in [0.3, 0.4) is 0 Å². The molecular weight excluding hydrogens is 318 g/mol. The van der Waals surface area contributed by atoms with Gasteiger partial charge in [0, 0.05) is 23.5 Å². The minimum absolute atomic E-state index is 0. The summed E-state index contributed by atoms with van der Waals surface area (Å²) in [5.74, 6) is 0.0196. The third-order valence-electron chi connectivity index (χ3n) is 3.90. The molecule has 1 aromatic carbocycles. The highest BCUT2D eigenvalue weighted by Gasteiger charge is 2.37. The summed E-state index contributed by atoms with van der Waals surface area (Å²) in [6.07, 6.45) is 3.48. The molecule has 0 spiro atoms. The van der Waals surface area contributed by atoms with E-state index in [1.54, 1.807) is 43.8 Å². The Morgan fingerprint density at radius 2 is 1.74 bits per heavy atom. The molecule has 0 N–H and O–H groups in total. The van der Waals surface area contributed by atoms with Gasteiger partial charge in [-0.15, -0.1) is 12.4 Å². The van der Waals surface area contributed by atoms with Crippen molar-refractivity contribution >= 4 is 24.0 Å². The first-order chi connectivity index (χ1) is 10.7. The fourth-order valence-electron chi connectivity index (χ4n) is 2.75. The van der Waals surface area contributed by atoms with Crippen LogP contribution in [0.1, 0.15) is 26.3 Å². The van der Waals surface area contributed by atoms with Crippen molar-refractivity contribution in [2.75, 3.05) is 14.2 Å². The fraction of sp³-hybridized carbons (Fsp3) is 0.235. The number of Topliss-reactive ketones (excluding diaryl/α,β-unsaturated/α-hetero) is 2. The highest BCUT2D eigenvalue weighted by molar-refractivity contribution is 6.18. The van der Waals surface area contributed by atoms with Crippen LogP contribution in [0.2, 0.25) is 0 Å². The Hall–Kier alpha value is -2.40. The summed E-state index contributed by atoms with van der Waals surface area (Å²) in [5, 5.41) is 0. The van der Waals surface area contributed by atoms with Crippen LogP contribution in [-0.2, 0) is 6.42 Å². The number of fused-ring (bicyclic) bond motifs is 1. The van der Waals surface area contributed by atoms with Gasteiger partial charge in [0.1, 0.15) is 0 Å². The standard InChI is InChI=1S/C17H15NO4.ClH/c1-21-14-8-11-7-13(16(19)10-3-5-18-6-4-10)17(20)12(11)9-15(14)22-2;/h3-6,8-9,13H,7H2,1-2H3;1H. The molecule has 5 nitrogen and oxygen atoms in total. The monoisotopic (exact) mass is 333 g/mol. The number of pyridine rings is 1. The summed E-state index contributed by atoms with van der Waals surface area (Å²) < 4.78 is 10.5. The van der Waals surface area contributed by atoms with Crippen LogP contribution in [-0.4, -0.2) is 30.8 Å². The smallest absolute Gasteiger partial charge is 0.174 e. The molecule has 2 aromatic rings. The number of nitrogens with zero attached hydrogens (tertiary/aromatic N) is 1. The van der Waals surface area contributed by atoms with E-state index in [4.69, 9.17) is 9.47 Å². The number of hydrogen-bond donors (Lipinski definition) is 0. The van der Waals surface area contributed by atoms with E-state index in [2.05, 4.69) is 4.98 Å². The third kappa shape index (κ3) is 2.92. The SMILES string of the molecule is COc1cc2c(cc1OC)C(=O)C(C(=O)c1ccncc1)C2.Cl. The third-order valence-corrected chi connectivity index (χ3v) is 3.90. The Morgan fingerprint density at radius 3 is 2.35 bits per heavy atom. The van der Waals surface area contributed by atoms with Crippen LogP contribution in [0.15, 0.2) is 36.7 Å². The number of ether oxygens (including phenoxy) is 2. The van der Waals surface area contributed by atoms with Gasteiger partial charge < -0.3 is 9.47 Å². The molecule has 1 heterocycles. The molecular formula is C17H16ClNO4. The van der Waals surface area contributed by atoms with Crippen molar-refractivity contribution in [3.05, 3.63) is 53.3 Å². The van der Waals surface area contributed by atoms with Gasteiger partial charge in [-0.25, -0.2) is 0 Å². The van der Waals surface area contributed by atoms with E-state index in [-0.39, 0.29) is 24.0 Å². The average Bonchev–Trinajstić information content (AvgIpc) is 2.89. The minimum Gasteiger partial charge on any atom is -0.493 e. The maximum absolute atomic E-state index is 12.5. The molecule has 1 unspecified atom stereocenters. The first-order valence-electron chi connectivity index (χ1n) is 6.89. The minimum atomic E-state index is -0.686. The van der Waals surface area contributed by atoms with Crippen LogP contribution in [0.4, 0.5) is 0 Å². The normalized spacial score (nSPS) is 15.6. The lowest BCUT2D eigenvalue weighted by atomic mass is 9.95. The van der Waals surface area contributed by atoms with Crippen LogP contribution < -0.4 is 9.47 Å². The van der Waals surface area contributed by atoms with Crippen LogP contribution >= 0.6 is 12.4 Å². The molecule has 0 amide bonds. The molecule has 120 valence electrons. The summed E-state index contributed by atoms with van der Waals surface area (Å²) in [7, 11) is 3.06. The van der Waals surface area contributed by atoms with E-state index in [1.807, 2.05) is 0 Å². The number of halogens is 1. The number of ketones is 2. The van der Waals surface area contributed by atoms with Crippen molar-refractivity contribution in [2.24, 2.45) is 5.92 Å². The molecule has 23 heavy (non-hydrogen) atoms. The van der Waals surface area contributed by atoms with Gasteiger partial charge >= 0.3 is 0 Å². The lowest BCUT2D eigenvalue weighted by Gasteiger charge is -2.09. The summed E-state index contributed by atoms with van der Waals surface area (Å²) in [5.41, 5.74) is 1.85. The second-order valence-electron chi connectivity index (χ2n) is 5.09. The van der Waals surface area contributed by atoms with E-state index in [0.29, 0.717) is 29.0 Å². The maximum atomic E-state index is 12.5. The predicted molar refractivity (Wildman–Crippen MR) is 86.9 cm³/mol. The zero-order valence-corrected chi connectivity index (χ0v) is 13.6. The van der Waals surface area contributed by atoms with Crippen molar-refractivity contribution in [1.29, 1.82) is 0 Å². The van der Waals surface area contributed by atoms with E-state index in [0.717, 1.165) is 5.56 Å². The molecule has 0 saturated heterocycles. The van der Waals surface area contributed by atoms with Crippen molar-refractivity contribution in [3.63, 3.8) is 0 Å². The van der Waals surface area contributed by atoms with E-state index in [9.17, 15) is 9.59 Å². The second kappa shape index (κ2) is 6.79. The van der Waals surface area contributed by atoms with Crippen molar-refractivity contribution in [1.82, 2.24) is 4.98 Å². The fourth-order valence-corrected chi connectivity index (χ4v) is 2.75. The van der Waals surface area contributed by atoms with Crippen molar-refractivity contribution < 1.29 is 19.1 Å². The van der Waals surface area contributed by atoms with E-state index in [1.165, 1.54) is 7.11 Å². The van der Waals surface area contributed by atoms with Crippen molar-refractivity contribution in [2.45, 2.75) is 6.42 Å². The van der Waals surface area contributed by atoms with Gasteiger partial charge in [0.25, 0.3) is 0 Å². The summed E-state index contributed by atoms with van der Waals surface area (Å²) >= 11 is 0. The molecule has 0 aliphatic heterocycles. The average molecular weight is 334 g/mol. The quantitative estimate of drug-likeness (QED) is 0.636. The zero-order valence-electron chi connectivity index (χ0n) is 12.7. The maximum Gasteiger partial charge on any atom is 0.174 e. The zero-order chi connectivity index (χ0) is 15.7. The Bertz CT molecular complexity index is 746. The number of methoxy groups -OCH3 is 2. The Balaban J connectivity index is 0.00000192. The van der Waals surface area contributed by atoms with Crippen LogP contribution in [0.5, 0.6) is 11.5 Å². The molecule has 1 aromatic heterocycles. The summed E-state index contributed by atoms with van der Waals surface area (Å²) in [6.45, 7) is 0. The Labute approximate surface area is 140 Å². The Kier molecular flexibility index (Phi) is 5.01. The predicted octanol–water partition coefficient (Wildman–Crippen LogP) is 2.76. The topological polar surface area (TPSA) is 65.5 Å². The van der Waals surface area contributed by atoms with Gasteiger partial charge in [-0.05, 0) is 36.2 Å². The second-order valence-corrected chi connectivity index (χ2v) is 5.09. The number of benzene rings is 1. The number of hydrogen-bond acceptors (Lipinski definition) is 5. The summed E-state index contributed by atoms with van der Waals surface area (Å²) in [4.78, 5) is 29.0. The van der Waals surface area contributed by atoms with Gasteiger partial charge in [-0.2, -0.15) is 0 Å². The van der Waals surface area contributed by atoms with Gasteiger partial charge in [0.15, 0.2) is 23.1 Å². The number of carbonyl (C=O) groups excluding carboxylic acids is 2. The molecule has 1 aliphatic rings. The molecule has 6 heteroatoms. The number of carbonyl (C=O) groups is 2. The molecule has 1 atom stereocenters. The first-order valence-corrected chi connectivity index (χ1v) is 6.89. The molecule has 0 radical (unpaired) electrons. The Morgan fingerprint density at radius 1 is 1.13 bits per heavy atom. The van der Waals surface area contributed by atoms with Gasteiger partial charge in [-0.1, -0.05) is 0 Å². The molecule has 0 bridgehead atoms. The molecule has 0 fully saturated rings. The van der Waals surface area contributed by atoms with Gasteiger partial charge in [-0.3, -0.25) is 14.6 Å². The molecule has 3 rings (SSSR count).